The Balaban J connectivity index is 2.64. The summed E-state index contributed by atoms with van der Waals surface area (Å²) in [5.41, 5.74) is 0. The van der Waals surface area contributed by atoms with Gasteiger partial charge in [0, 0.05) is 11.1 Å². The van der Waals surface area contributed by atoms with E-state index in [1.165, 1.54) is 121 Å². The summed E-state index contributed by atoms with van der Waals surface area (Å²) < 4.78 is 21.3. The van der Waals surface area contributed by atoms with Gasteiger partial charge in [-0.25, -0.2) is 0 Å². The smallest absolute Gasteiger partial charge is 0.216 e. The Morgan fingerprint density at radius 2 is 1.23 bits per heavy atom. The minimum absolute atomic E-state index is 0.0281. The first-order valence-corrected chi connectivity index (χ1v) is 28.0. The standard InChI is InChI=1S/C37H80O3SSi3/c1-12-17-18-19-20-21-22-23-24-25-26-27-28-29-30-31-32-44(40-37(15-4,16-5)41-8)33-36(44,14-3)34(6)38-43(10,11)35(7,13-2)39-42-9/h34H,12-33,42H2,1-11H3. The lowest BCUT2D eigenvalue weighted by molar-refractivity contribution is 0.0913. The van der Waals surface area contributed by atoms with Crippen molar-refractivity contribution in [2.75, 3.05) is 6.26 Å². The largest absolute Gasteiger partial charge is 0.419 e. The van der Waals surface area contributed by atoms with Gasteiger partial charge in [0.1, 0.15) is 4.93 Å². The minimum Gasteiger partial charge on any atom is -0.419 e. The van der Waals surface area contributed by atoms with Crippen molar-refractivity contribution in [2.24, 2.45) is 0 Å². The molecule has 3 nitrogen and oxygen atoms in total. The summed E-state index contributed by atoms with van der Waals surface area (Å²) >= 11 is 1.96. The lowest BCUT2D eigenvalue weighted by atomic mass is 10.0. The average molecular weight is 689 g/mol. The van der Waals surface area contributed by atoms with Gasteiger partial charge in [-0.3, -0.25) is 0 Å². The van der Waals surface area contributed by atoms with Crippen LogP contribution in [0.1, 0.15) is 177 Å². The van der Waals surface area contributed by atoms with Gasteiger partial charge >= 0.3 is 0 Å². The van der Waals surface area contributed by atoms with Crippen LogP contribution in [0.15, 0.2) is 0 Å². The minimum atomic E-state index is -2.08. The maximum Gasteiger partial charge on any atom is 0.216 e. The summed E-state index contributed by atoms with van der Waals surface area (Å²) in [6.07, 6.45) is 29.8. The zero-order chi connectivity index (χ0) is 33.2. The molecule has 4 unspecified atom stereocenters. The highest BCUT2D eigenvalue weighted by Crippen LogP contribution is 2.72. The number of thioether (sulfide) groups is 1. The Labute approximate surface area is 286 Å². The fourth-order valence-corrected chi connectivity index (χ4v) is 20.7. The molecule has 264 valence electrons. The van der Waals surface area contributed by atoms with Gasteiger partial charge in [-0.15, -0.1) is 11.8 Å². The van der Waals surface area contributed by atoms with E-state index in [-0.39, 0.29) is 21.3 Å². The van der Waals surface area contributed by atoms with Crippen molar-refractivity contribution < 1.29 is 13.3 Å². The zero-order valence-corrected chi connectivity index (χ0v) is 36.2. The molecule has 0 aromatic heterocycles. The summed E-state index contributed by atoms with van der Waals surface area (Å²) in [5, 5.41) is 0.150. The first kappa shape index (κ1) is 42.9. The Morgan fingerprint density at radius 3 is 1.59 bits per heavy atom. The molecule has 1 fully saturated rings. The third-order valence-corrected chi connectivity index (χ3v) is 24.2. The summed E-state index contributed by atoms with van der Waals surface area (Å²) in [6.45, 7) is 23.5. The molecular formula is C37H80O3SSi3. The zero-order valence-electron chi connectivity index (χ0n) is 32.0. The molecule has 1 saturated heterocycles. The third-order valence-electron chi connectivity index (χ3n) is 11.9. The van der Waals surface area contributed by atoms with Gasteiger partial charge in [-0.1, -0.05) is 144 Å². The lowest BCUT2D eigenvalue weighted by Gasteiger charge is -2.45. The van der Waals surface area contributed by atoms with Crippen LogP contribution in [-0.2, 0) is 13.3 Å². The molecule has 0 spiro atoms. The molecule has 1 aliphatic rings. The van der Waals surface area contributed by atoms with Gasteiger partial charge in [-0.2, -0.15) is 0 Å². The van der Waals surface area contributed by atoms with Crippen LogP contribution < -0.4 is 0 Å². The summed E-state index contributed by atoms with van der Waals surface area (Å²) in [4.78, 5) is -0.0281. The van der Waals surface area contributed by atoms with E-state index >= 15 is 0 Å². The van der Waals surface area contributed by atoms with Crippen LogP contribution in [0.2, 0.25) is 36.8 Å². The predicted octanol–water partition coefficient (Wildman–Crippen LogP) is 12.7. The molecule has 0 N–H and O–H groups in total. The van der Waals surface area contributed by atoms with Gasteiger partial charge in [0.15, 0.2) is 9.76 Å². The van der Waals surface area contributed by atoms with Crippen molar-refractivity contribution in [1.29, 1.82) is 0 Å². The van der Waals surface area contributed by atoms with E-state index in [9.17, 15) is 0 Å². The van der Waals surface area contributed by atoms with E-state index in [1.54, 1.807) is 0 Å². The van der Waals surface area contributed by atoms with Crippen LogP contribution in [0.4, 0.5) is 0 Å². The van der Waals surface area contributed by atoms with Crippen molar-refractivity contribution in [3.05, 3.63) is 0 Å². The van der Waals surface area contributed by atoms with Crippen LogP contribution in [0.25, 0.3) is 0 Å². The fourth-order valence-electron chi connectivity index (χ4n) is 7.98. The van der Waals surface area contributed by atoms with Gasteiger partial charge in [0.2, 0.25) is 16.6 Å². The highest BCUT2D eigenvalue weighted by Gasteiger charge is 2.74. The summed E-state index contributed by atoms with van der Waals surface area (Å²) in [6, 6.07) is 2.61. The first-order valence-electron chi connectivity index (χ1n) is 19.5. The molecule has 1 aliphatic heterocycles. The van der Waals surface area contributed by atoms with Crippen LogP contribution in [0.5, 0.6) is 0 Å². The molecule has 0 amide bonds. The summed E-state index contributed by atoms with van der Waals surface area (Å²) in [7, 11) is -4.51. The molecule has 0 bridgehead atoms. The summed E-state index contributed by atoms with van der Waals surface area (Å²) in [5.74, 6) is 0. The molecule has 7 heteroatoms. The average Bonchev–Trinajstić information content (AvgIpc) is 3.67. The van der Waals surface area contributed by atoms with Crippen molar-refractivity contribution >= 4 is 38.2 Å². The molecule has 0 aliphatic carbocycles. The van der Waals surface area contributed by atoms with E-state index < -0.39 is 26.4 Å². The number of hydrogen-bond donors (Lipinski definition) is 0. The maximum atomic E-state index is 7.52. The normalized spacial score (nSPS) is 23.0. The quantitative estimate of drug-likeness (QED) is 0.0426. The van der Waals surface area contributed by atoms with E-state index in [0.717, 1.165) is 19.3 Å². The Hall–Kier alpha value is 0.881. The van der Waals surface area contributed by atoms with Crippen molar-refractivity contribution in [3.8, 4) is 0 Å². The Bertz CT molecular complexity index is 729. The third kappa shape index (κ3) is 12.4. The van der Waals surface area contributed by atoms with Crippen LogP contribution >= 0.6 is 11.8 Å². The topological polar surface area (TPSA) is 27.7 Å². The van der Waals surface area contributed by atoms with Crippen LogP contribution in [0.3, 0.4) is 0 Å². The highest BCUT2D eigenvalue weighted by molar-refractivity contribution is 7.99. The monoisotopic (exact) mass is 689 g/mol. The highest BCUT2D eigenvalue weighted by atomic mass is 32.2. The van der Waals surface area contributed by atoms with Crippen molar-refractivity contribution in [1.82, 2.24) is 0 Å². The predicted molar refractivity (Wildman–Crippen MR) is 208 cm³/mol. The molecule has 0 saturated carbocycles. The lowest BCUT2D eigenvalue weighted by Crippen LogP contribution is -2.58. The molecule has 1 rings (SSSR count). The molecule has 44 heavy (non-hydrogen) atoms. The Kier molecular flexibility index (Phi) is 21.2. The van der Waals surface area contributed by atoms with Gasteiger partial charge < -0.3 is 13.3 Å². The van der Waals surface area contributed by atoms with E-state index in [1.807, 2.05) is 11.8 Å². The Morgan fingerprint density at radius 1 is 0.773 bits per heavy atom. The fraction of sp³-hybridized carbons (Fsp3) is 1.00. The molecular weight excluding hydrogens is 609 g/mol. The first-order chi connectivity index (χ1) is 21.0. The van der Waals surface area contributed by atoms with E-state index in [0.29, 0.717) is 0 Å². The van der Waals surface area contributed by atoms with Crippen LogP contribution in [-0.4, -0.2) is 48.9 Å². The molecule has 0 radical (unpaired) electrons. The number of unbranched alkanes of at least 4 members (excludes halogenated alkanes) is 15. The SMILES string of the molecule is CCCCCCCCCCCCCCCCCC[Si]1(OC(CC)(CC)SC)CC1(CC)C(C)O[Si](C)(C)C(C)(CC)O[SiH2]C. The van der Waals surface area contributed by atoms with Gasteiger partial charge in [0.25, 0.3) is 0 Å². The van der Waals surface area contributed by atoms with Crippen molar-refractivity contribution in [3.63, 3.8) is 0 Å². The second-order valence-electron chi connectivity index (χ2n) is 14.9. The van der Waals surface area contributed by atoms with E-state index in [2.05, 4.69) is 74.4 Å². The second-order valence-corrected chi connectivity index (χ2v) is 25.3. The van der Waals surface area contributed by atoms with Crippen molar-refractivity contribution in [2.45, 2.75) is 230 Å². The number of rotatable bonds is 30. The second kappa shape index (κ2) is 21.8. The van der Waals surface area contributed by atoms with Gasteiger partial charge in [0.05, 0.1) is 5.22 Å². The molecule has 1 heterocycles. The molecule has 4 atom stereocenters. The number of hydrogen-bond acceptors (Lipinski definition) is 4. The van der Waals surface area contributed by atoms with E-state index in [4.69, 9.17) is 13.3 Å². The molecule has 0 aromatic carbocycles. The molecule has 0 aromatic rings. The van der Waals surface area contributed by atoms with Crippen LogP contribution in [0, 0.1) is 0 Å². The maximum absolute atomic E-state index is 7.52. The van der Waals surface area contributed by atoms with Gasteiger partial charge in [-0.05, 0) is 71.0 Å².